The number of thiophene rings is 1. The Labute approximate surface area is 176 Å². The number of nitrogens with zero attached hydrogens (tertiary/aromatic N) is 4. The van der Waals surface area contributed by atoms with Crippen LogP contribution in [-0.4, -0.2) is 37.9 Å². The zero-order valence-electron chi connectivity index (χ0n) is 14.9. The number of hydrogen-bond donors (Lipinski definition) is 0. The van der Waals surface area contributed by atoms with E-state index in [0.29, 0.717) is 23.3 Å². The van der Waals surface area contributed by atoms with Gasteiger partial charge in [-0.25, -0.2) is 0 Å². The van der Waals surface area contributed by atoms with E-state index in [9.17, 15) is 4.79 Å². The van der Waals surface area contributed by atoms with Gasteiger partial charge in [-0.15, -0.1) is 21.5 Å². The molecule has 0 fully saturated rings. The van der Waals surface area contributed by atoms with Gasteiger partial charge in [0.05, 0.1) is 22.3 Å². The van der Waals surface area contributed by atoms with Crippen molar-refractivity contribution in [1.29, 1.82) is 0 Å². The lowest BCUT2D eigenvalue weighted by Gasteiger charge is -2.19. The summed E-state index contributed by atoms with van der Waals surface area (Å²) in [7, 11) is 0. The average molecular weight is 441 g/mol. The summed E-state index contributed by atoms with van der Waals surface area (Å²) < 4.78 is 2.56. The van der Waals surface area contributed by atoms with Crippen molar-refractivity contribution in [1.82, 2.24) is 19.7 Å². The minimum absolute atomic E-state index is 0.0449. The molecule has 0 spiro atoms. The lowest BCUT2D eigenvalue weighted by Crippen LogP contribution is -2.31. The molecule has 3 aromatic rings. The third kappa shape index (κ3) is 5.04. The van der Waals surface area contributed by atoms with E-state index in [0.717, 1.165) is 20.5 Å². The molecule has 2 heterocycles. The van der Waals surface area contributed by atoms with Gasteiger partial charge < -0.3 is 4.90 Å². The molecule has 0 saturated heterocycles. The van der Waals surface area contributed by atoms with Crippen molar-refractivity contribution >= 4 is 52.2 Å². The minimum atomic E-state index is 0.0449. The summed E-state index contributed by atoms with van der Waals surface area (Å²) in [6, 6.07) is 9.57. The largest absolute Gasteiger partial charge is 0.337 e. The Bertz CT molecular complexity index is 941. The van der Waals surface area contributed by atoms with Gasteiger partial charge in [0.2, 0.25) is 5.91 Å². The van der Waals surface area contributed by atoms with E-state index in [4.69, 9.17) is 23.2 Å². The molecule has 0 aliphatic heterocycles. The van der Waals surface area contributed by atoms with Crippen LogP contribution >= 0.6 is 46.3 Å². The maximum Gasteiger partial charge on any atom is 0.233 e. The molecule has 1 amide bonds. The Hall–Kier alpha value is -1.54. The summed E-state index contributed by atoms with van der Waals surface area (Å²) in [5, 5.41) is 9.44. The molecule has 2 aromatic heterocycles. The second-order valence-corrected chi connectivity index (χ2v) is 8.97. The fourth-order valence-corrected chi connectivity index (χ4v) is 4.56. The summed E-state index contributed by atoms with van der Waals surface area (Å²) in [5.74, 6) is 0.328. The number of carbonyl (C=O) groups is 1. The molecule has 0 radical (unpaired) electrons. The number of carbonyl (C=O) groups excluding carboxylic acids is 1. The van der Waals surface area contributed by atoms with E-state index in [1.165, 1.54) is 23.1 Å². The van der Waals surface area contributed by atoms with Crippen LogP contribution < -0.4 is 0 Å². The van der Waals surface area contributed by atoms with Crippen LogP contribution in [0.3, 0.4) is 0 Å². The zero-order chi connectivity index (χ0) is 19.4. The molecule has 142 valence electrons. The summed E-state index contributed by atoms with van der Waals surface area (Å²) in [4.78, 5) is 15.5. The van der Waals surface area contributed by atoms with Gasteiger partial charge in [-0.3, -0.25) is 9.36 Å². The number of thioether (sulfide) groups is 1. The van der Waals surface area contributed by atoms with Gasteiger partial charge in [0.1, 0.15) is 6.33 Å². The lowest BCUT2D eigenvalue weighted by atomic mass is 10.2. The lowest BCUT2D eigenvalue weighted by molar-refractivity contribution is -0.128. The van der Waals surface area contributed by atoms with E-state index in [2.05, 4.69) is 10.2 Å². The molecule has 0 aliphatic carbocycles. The van der Waals surface area contributed by atoms with Crippen molar-refractivity contribution in [2.24, 2.45) is 0 Å². The van der Waals surface area contributed by atoms with E-state index in [-0.39, 0.29) is 11.7 Å². The number of rotatable bonds is 7. The number of aryl methyl sites for hydroxylation is 1. The molecule has 0 saturated carbocycles. The van der Waals surface area contributed by atoms with Crippen LogP contribution in [0.4, 0.5) is 0 Å². The summed E-state index contributed by atoms with van der Waals surface area (Å²) in [6.07, 6.45) is 1.62. The predicted octanol–water partition coefficient (Wildman–Crippen LogP) is 5.08. The fraction of sp³-hybridized carbons (Fsp3) is 0.278. The van der Waals surface area contributed by atoms with Crippen LogP contribution in [0.5, 0.6) is 0 Å². The monoisotopic (exact) mass is 440 g/mol. The van der Waals surface area contributed by atoms with Gasteiger partial charge in [0.25, 0.3) is 0 Å². The first kappa shape index (κ1) is 20.2. The van der Waals surface area contributed by atoms with Crippen molar-refractivity contribution in [2.75, 3.05) is 12.3 Å². The van der Waals surface area contributed by atoms with E-state index in [1.807, 2.05) is 48.7 Å². The maximum absolute atomic E-state index is 12.6. The highest BCUT2D eigenvalue weighted by Gasteiger charge is 2.16. The molecule has 5 nitrogen and oxygen atoms in total. The Kier molecular flexibility index (Phi) is 6.81. The first-order valence-electron chi connectivity index (χ1n) is 8.29. The van der Waals surface area contributed by atoms with Crippen LogP contribution in [-0.2, 0) is 11.3 Å². The Balaban J connectivity index is 1.66. The van der Waals surface area contributed by atoms with Gasteiger partial charge in [-0.2, -0.15) is 0 Å². The maximum atomic E-state index is 12.6. The molecule has 27 heavy (non-hydrogen) atoms. The normalized spacial score (nSPS) is 11.0. The topological polar surface area (TPSA) is 51.0 Å². The van der Waals surface area contributed by atoms with Gasteiger partial charge in [0, 0.05) is 16.4 Å². The van der Waals surface area contributed by atoms with Gasteiger partial charge in [-0.1, -0.05) is 41.0 Å². The standard InChI is InChI=1S/C18H18Cl2N4OS2/c1-3-23(9-14-6-7-16(20)27-14)17(25)10-26-18-22-21-11-24(18)13-5-4-12(2)15(19)8-13/h4-8,11H,3,9-10H2,1-2H3. The molecule has 9 heteroatoms. The van der Waals surface area contributed by atoms with E-state index in [1.54, 1.807) is 11.2 Å². The number of halogens is 2. The van der Waals surface area contributed by atoms with Crippen LogP contribution in [0.25, 0.3) is 5.69 Å². The summed E-state index contributed by atoms with van der Waals surface area (Å²) >= 11 is 15.0. The predicted molar refractivity (Wildman–Crippen MR) is 112 cm³/mol. The molecule has 3 rings (SSSR count). The SMILES string of the molecule is CCN(Cc1ccc(Cl)s1)C(=O)CSc1nncn1-c1ccc(C)c(Cl)c1. The van der Waals surface area contributed by atoms with E-state index >= 15 is 0 Å². The highest BCUT2D eigenvalue weighted by atomic mass is 35.5. The Morgan fingerprint density at radius 3 is 2.78 bits per heavy atom. The highest BCUT2D eigenvalue weighted by Crippen LogP contribution is 2.25. The number of benzene rings is 1. The second-order valence-electron chi connectivity index (χ2n) is 5.82. The molecule has 0 N–H and O–H groups in total. The van der Waals surface area contributed by atoms with Crippen LogP contribution in [0, 0.1) is 6.92 Å². The number of aromatic nitrogens is 3. The molecule has 0 bridgehead atoms. The van der Waals surface area contributed by atoms with Crippen molar-refractivity contribution in [3.8, 4) is 5.69 Å². The van der Waals surface area contributed by atoms with Crippen LogP contribution in [0.15, 0.2) is 41.8 Å². The Morgan fingerprint density at radius 1 is 1.30 bits per heavy atom. The first-order chi connectivity index (χ1) is 13.0. The molecule has 0 aliphatic rings. The van der Waals surface area contributed by atoms with Gasteiger partial charge >= 0.3 is 0 Å². The summed E-state index contributed by atoms with van der Waals surface area (Å²) in [5.41, 5.74) is 1.87. The molecular weight excluding hydrogens is 423 g/mol. The molecule has 1 aromatic carbocycles. The van der Waals surface area contributed by atoms with E-state index < -0.39 is 0 Å². The summed E-state index contributed by atoms with van der Waals surface area (Å²) in [6.45, 7) is 5.12. The molecular formula is C18H18Cl2N4OS2. The average Bonchev–Trinajstić information content (AvgIpc) is 3.28. The smallest absolute Gasteiger partial charge is 0.233 e. The highest BCUT2D eigenvalue weighted by molar-refractivity contribution is 7.99. The van der Waals surface area contributed by atoms with Crippen LogP contribution in [0.1, 0.15) is 17.4 Å². The quantitative estimate of drug-likeness (QED) is 0.480. The van der Waals surface area contributed by atoms with Crippen LogP contribution in [0.2, 0.25) is 9.36 Å². The van der Waals surface area contributed by atoms with Crippen molar-refractivity contribution in [2.45, 2.75) is 25.5 Å². The zero-order valence-corrected chi connectivity index (χ0v) is 18.0. The molecule has 0 unspecified atom stereocenters. The van der Waals surface area contributed by atoms with Crippen molar-refractivity contribution in [3.63, 3.8) is 0 Å². The fourth-order valence-electron chi connectivity index (χ4n) is 2.45. The van der Waals surface area contributed by atoms with Gasteiger partial charge in [-0.05, 0) is 43.7 Å². The van der Waals surface area contributed by atoms with Crippen molar-refractivity contribution < 1.29 is 4.79 Å². The number of amides is 1. The first-order valence-corrected chi connectivity index (χ1v) is 10.8. The minimum Gasteiger partial charge on any atom is -0.337 e. The van der Waals surface area contributed by atoms with Crippen molar-refractivity contribution in [3.05, 3.63) is 56.5 Å². The third-order valence-electron chi connectivity index (χ3n) is 3.98. The molecule has 0 atom stereocenters. The number of hydrogen-bond acceptors (Lipinski definition) is 5. The second kappa shape index (κ2) is 9.10. The Morgan fingerprint density at radius 2 is 2.11 bits per heavy atom. The van der Waals surface area contributed by atoms with Gasteiger partial charge in [0.15, 0.2) is 5.16 Å². The third-order valence-corrected chi connectivity index (χ3v) is 6.54.